The summed E-state index contributed by atoms with van der Waals surface area (Å²) in [5.41, 5.74) is 9.10. The van der Waals surface area contributed by atoms with Crippen LogP contribution in [-0.2, 0) is 11.3 Å². The number of nitrogens with one attached hydrogen (secondary N) is 1. The molecule has 0 saturated carbocycles. The number of carbonyl (C=O) groups excluding carboxylic acids is 2. The number of amides is 2. The molecular formula is C13H12N12O5. The number of primary amides is 2. The van der Waals surface area contributed by atoms with E-state index in [1.807, 2.05) is 0 Å². The summed E-state index contributed by atoms with van der Waals surface area (Å²) in [6, 6.07) is 0. The van der Waals surface area contributed by atoms with Crippen LogP contribution in [0, 0.1) is 0 Å². The molecule has 1 fully saturated rings. The molecule has 5 heterocycles. The van der Waals surface area contributed by atoms with E-state index >= 15 is 0 Å². The van der Waals surface area contributed by atoms with E-state index in [2.05, 4.69) is 35.7 Å². The Morgan fingerprint density at radius 1 is 1.07 bits per heavy atom. The molecule has 2 amide bonds. The summed E-state index contributed by atoms with van der Waals surface area (Å²) in [6.45, 7) is 0.953. The van der Waals surface area contributed by atoms with Crippen molar-refractivity contribution in [2.45, 2.75) is 12.6 Å². The molecule has 4 aromatic rings. The topological polar surface area (TPSA) is 240 Å². The number of hydrogen-bond donors (Lipinski definition) is 3. The van der Waals surface area contributed by atoms with Crippen LogP contribution in [0.2, 0.25) is 0 Å². The molecule has 1 aliphatic rings. The van der Waals surface area contributed by atoms with E-state index in [-0.39, 0.29) is 28.8 Å². The molecule has 0 radical (unpaired) electrons. The van der Waals surface area contributed by atoms with Gasteiger partial charge >= 0.3 is 11.4 Å². The number of ether oxygens (including phenoxy) is 1. The Bertz CT molecular complexity index is 1390. The number of aromatic amines is 1. The Balaban J connectivity index is 0.000000151. The maximum absolute atomic E-state index is 11.9. The predicted octanol–water partition coefficient (Wildman–Crippen LogP) is -4.30. The molecule has 1 saturated heterocycles. The zero-order valence-corrected chi connectivity index (χ0v) is 14.9. The Morgan fingerprint density at radius 2 is 1.67 bits per heavy atom. The van der Waals surface area contributed by atoms with E-state index in [4.69, 9.17) is 16.2 Å². The van der Waals surface area contributed by atoms with Crippen LogP contribution in [0.5, 0.6) is 0 Å². The second kappa shape index (κ2) is 7.13. The van der Waals surface area contributed by atoms with Gasteiger partial charge in [0.1, 0.15) is 18.8 Å². The quantitative estimate of drug-likeness (QED) is 0.269. The summed E-state index contributed by atoms with van der Waals surface area (Å²) in [4.78, 5) is 52.0. The summed E-state index contributed by atoms with van der Waals surface area (Å²) in [6.07, 6.45) is 2.37. The first-order valence-corrected chi connectivity index (χ1v) is 8.17. The lowest BCUT2D eigenvalue weighted by Gasteiger charge is -2.00. The fourth-order valence-electron chi connectivity index (χ4n) is 2.42. The molecule has 0 bridgehead atoms. The SMILES string of the molecule is NC(=O)c1ncn2c(=O)[nH]nnc12.NC(=O)c1ncn2c(=O)n(CC3CO3)nnc12. The minimum Gasteiger partial charge on any atom is -0.371 e. The van der Waals surface area contributed by atoms with E-state index in [0.29, 0.717) is 13.2 Å². The van der Waals surface area contributed by atoms with E-state index in [1.165, 1.54) is 6.33 Å². The fourth-order valence-corrected chi connectivity index (χ4v) is 2.42. The van der Waals surface area contributed by atoms with Gasteiger partial charge in [0.15, 0.2) is 22.7 Å². The van der Waals surface area contributed by atoms with Crippen molar-refractivity contribution in [3.8, 4) is 0 Å². The maximum Gasteiger partial charge on any atom is 0.353 e. The number of aromatic nitrogens is 10. The van der Waals surface area contributed by atoms with Crippen molar-refractivity contribution < 1.29 is 14.3 Å². The van der Waals surface area contributed by atoms with Crippen LogP contribution in [0.4, 0.5) is 0 Å². The molecule has 1 atom stereocenters. The highest BCUT2D eigenvalue weighted by Gasteiger charge is 2.25. The number of carbonyl (C=O) groups is 2. The van der Waals surface area contributed by atoms with Gasteiger partial charge in [-0.25, -0.2) is 33.5 Å². The van der Waals surface area contributed by atoms with Gasteiger partial charge in [-0.05, 0) is 0 Å². The number of nitrogens with zero attached hydrogens (tertiary/aromatic N) is 9. The van der Waals surface area contributed by atoms with E-state index < -0.39 is 23.2 Å². The lowest BCUT2D eigenvalue weighted by Crippen LogP contribution is -2.31. The van der Waals surface area contributed by atoms with Crippen molar-refractivity contribution in [1.82, 2.24) is 49.2 Å². The molecule has 30 heavy (non-hydrogen) atoms. The van der Waals surface area contributed by atoms with Gasteiger partial charge in [-0.3, -0.25) is 9.59 Å². The molecule has 0 aliphatic carbocycles. The van der Waals surface area contributed by atoms with E-state index in [9.17, 15) is 19.2 Å². The molecule has 17 heteroatoms. The van der Waals surface area contributed by atoms with Crippen LogP contribution in [-0.4, -0.2) is 73.7 Å². The summed E-state index contributed by atoms with van der Waals surface area (Å²) in [5, 5.41) is 16.3. The van der Waals surface area contributed by atoms with Crippen LogP contribution >= 0.6 is 0 Å². The van der Waals surface area contributed by atoms with Gasteiger partial charge in [0.05, 0.1) is 13.2 Å². The van der Waals surface area contributed by atoms with Crippen molar-refractivity contribution in [1.29, 1.82) is 0 Å². The average molecular weight is 416 g/mol. The van der Waals surface area contributed by atoms with Crippen molar-refractivity contribution in [3.05, 3.63) is 45.0 Å². The lowest BCUT2D eigenvalue weighted by molar-refractivity contribution is 0.0989. The normalized spacial score (nSPS) is 15.0. The molecule has 0 spiro atoms. The molecular weight excluding hydrogens is 404 g/mol. The highest BCUT2D eigenvalue weighted by atomic mass is 16.6. The highest BCUT2D eigenvalue weighted by Crippen LogP contribution is 2.09. The number of fused-ring (bicyclic) bond motifs is 2. The molecule has 4 aromatic heterocycles. The monoisotopic (exact) mass is 416 g/mol. The molecule has 154 valence electrons. The summed E-state index contributed by atoms with van der Waals surface area (Å²) in [5.74, 6) is -1.49. The Hall–Kier alpha value is -4.54. The molecule has 5 N–H and O–H groups in total. The van der Waals surface area contributed by atoms with Crippen molar-refractivity contribution >= 4 is 23.1 Å². The maximum atomic E-state index is 11.9. The molecule has 17 nitrogen and oxygen atoms in total. The average Bonchev–Trinajstić information content (AvgIpc) is 3.23. The second-order valence-electron chi connectivity index (χ2n) is 5.93. The summed E-state index contributed by atoms with van der Waals surface area (Å²) in [7, 11) is 0. The second-order valence-corrected chi connectivity index (χ2v) is 5.93. The summed E-state index contributed by atoms with van der Waals surface area (Å²) >= 11 is 0. The molecule has 1 unspecified atom stereocenters. The molecule has 5 rings (SSSR count). The van der Waals surface area contributed by atoms with Crippen molar-refractivity contribution in [2.75, 3.05) is 6.61 Å². The third kappa shape index (κ3) is 3.35. The van der Waals surface area contributed by atoms with Crippen molar-refractivity contribution in [3.63, 3.8) is 0 Å². The Labute approximate surface area is 163 Å². The number of H-pyrrole nitrogens is 1. The zero-order chi connectivity index (χ0) is 21.4. The Kier molecular flexibility index (Phi) is 4.47. The highest BCUT2D eigenvalue weighted by molar-refractivity contribution is 5.97. The van der Waals surface area contributed by atoms with E-state index in [1.54, 1.807) is 0 Å². The number of rotatable bonds is 4. The van der Waals surface area contributed by atoms with Crippen LogP contribution in [0.3, 0.4) is 0 Å². The zero-order valence-electron chi connectivity index (χ0n) is 14.9. The van der Waals surface area contributed by atoms with Gasteiger partial charge in [0, 0.05) is 0 Å². The van der Waals surface area contributed by atoms with Crippen LogP contribution < -0.4 is 22.8 Å². The van der Waals surface area contributed by atoms with E-state index in [0.717, 1.165) is 19.8 Å². The number of hydrogen-bond acceptors (Lipinski definition) is 11. The predicted molar refractivity (Wildman–Crippen MR) is 93.2 cm³/mol. The van der Waals surface area contributed by atoms with Crippen molar-refractivity contribution in [2.24, 2.45) is 11.5 Å². The minimum absolute atomic E-state index is 0.0126. The molecule has 0 aromatic carbocycles. The van der Waals surface area contributed by atoms with Crippen LogP contribution in [0.1, 0.15) is 21.0 Å². The first kappa shape index (κ1) is 18.8. The first-order valence-electron chi connectivity index (χ1n) is 8.17. The number of imidazole rings is 2. The first-order chi connectivity index (χ1) is 14.4. The molecule has 1 aliphatic heterocycles. The number of epoxide rings is 1. The van der Waals surface area contributed by atoms with Gasteiger partial charge < -0.3 is 16.2 Å². The van der Waals surface area contributed by atoms with Gasteiger partial charge in [0.25, 0.3) is 11.8 Å². The third-order valence-electron chi connectivity index (χ3n) is 3.91. The largest absolute Gasteiger partial charge is 0.371 e. The third-order valence-corrected chi connectivity index (χ3v) is 3.91. The van der Waals surface area contributed by atoms with Crippen LogP contribution in [0.15, 0.2) is 22.2 Å². The minimum atomic E-state index is -0.748. The van der Waals surface area contributed by atoms with Gasteiger partial charge in [-0.15, -0.1) is 10.2 Å². The lowest BCUT2D eigenvalue weighted by atomic mass is 10.4. The summed E-state index contributed by atoms with van der Waals surface area (Å²) < 4.78 is 8.34. The standard InChI is InChI=1S/C8H8N6O3.C5H4N6O2/c9-6(15)5-7-11-12-14(1-4-2-17-4)8(16)13(7)3-10-5;6-3(12)2-4-8-10-9-5(13)11(4)1-7-2/h3-4H,1-2H2,(H2,9,15);1H,(H2,6,12)(H,8,9,13). The smallest absolute Gasteiger partial charge is 0.353 e. The fraction of sp³-hybridized carbons (Fsp3) is 0.231. The number of nitrogens with two attached hydrogens (primary N) is 2. The van der Waals surface area contributed by atoms with Gasteiger partial charge in [-0.2, -0.15) is 4.68 Å². The Morgan fingerprint density at radius 3 is 2.27 bits per heavy atom. The van der Waals surface area contributed by atoms with Crippen LogP contribution in [0.25, 0.3) is 11.3 Å². The van der Waals surface area contributed by atoms with Gasteiger partial charge in [0.2, 0.25) is 0 Å². The van der Waals surface area contributed by atoms with Gasteiger partial charge in [-0.1, -0.05) is 10.4 Å².